The van der Waals surface area contributed by atoms with Crippen LogP contribution in [-0.4, -0.2) is 31.7 Å². The van der Waals surface area contributed by atoms with Crippen molar-refractivity contribution in [1.82, 2.24) is 5.32 Å². The van der Waals surface area contributed by atoms with Crippen molar-refractivity contribution in [3.8, 4) is 11.5 Å². The first-order valence-corrected chi connectivity index (χ1v) is 8.11. The number of rotatable bonds is 7. The number of hydrogen-bond donors (Lipinski definition) is 2. The quantitative estimate of drug-likeness (QED) is 0.771. The Kier molecular flexibility index (Phi) is 6.68. The van der Waals surface area contributed by atoms with Crippen LogP contribution >= 0.6 is 15.9 Å². The summed E-state index contributed by atoms with van der Waals surface area (Å²) in [6.45, 7) is 8.77. The van der Waals surface area contributed by atoms with Crippen LogP contribution in [0.1, 0.15) is 38.1 Å². The minimum atomic E-state index is -0.463. The molecule has 1 aromatic carbocycles. The third-order valence-corrected chi connectivity index (χ3v) is 4.47. The summed E-state index contributed by atoms with van der Waals surface area (Å²) < 4.78 is 11.5. The van der Waals surface area contributed by atoms with Crippen LogP contribution in [0, 0.1) is 5.92 Å². The van der Waals surface area contributed by atoms with Gasteiger partial charge in [-0.2, -0.15) is 0 Å². The summed E-state index contributed by atoms with van der Waals surface area (Å²) in [5, 5.41) is 3.01. The highest BCUT2D eigenvalue weighted by Crippen LogP contribution is 2.36. The maximum atomic E-state index is 12.5. The maximum Gasteiger partial charge on any atom is 0.251 e. The molecule has 0 aliphatic rings. The molecule has 0 radical (unpaired) electrons. The van der Waals surface area contributed by atoms with Gasteiger partial charge in [0, 0.05) is 12.1 Å². The van der Waals surface area contributed by atoms with Gasteiger partial charge in [0.05, 0.1) is 23.7 Å². The Bertz CT molecular complexity index is 534. The van der Waals surface area contributed by atoms with E-state index in [1.54, 1.807) is 19.2 Å². The van der Waals surface area contributed by atoms with Gasteiger partial charge >= 0.3 is 0 Å². The van der Waals surface area contributed by atoms with E-state index < -0.39 is 5.54 Å². The zero-order valence-electron chi connectivity index (χ0n) is 13.8. The second-order valence-corrected chi connectivity index (χ2v) is 6.51. The van der Waals surface area contributed by atoms with Crippen molar-refractivity contribution in [3.05, 3.63) is 22.2 Å². The van der Waals surface area contributed by atoms with Crippen molar-refractivity contribution in [2.75, 3.05) is 20.3 Å². The lowest BCUT2D eigenvalue weighted by atomic mass is 9.88. The molecule has 0 aliphatic carbocycles. The fraction of sp³-hybridized carbons (Fsp3) is 0.562. The van der Waals surface area contributed by atoms with Gasteiger partial charge in [-0.1, -0.05) is 13.8 Å². The molecule has 0 heterocycles. The summed E-state index contributed by atoms with van der Waals surface area (Å²) in [5.74, 6) is 1.13. The smallest absolute Gasteiger partial charge is 0.251 e. The molecule has 0 spiro atoms. The predicted octanol–water partition coefficient (Wildman–Crippen LogP) is 2.96. The molecule has 3 N–H and O–H groups in total. The van der Waals surface area contributed by atoms with E-state index >= 15 is 0 Å². The van der Waals surface area contributed by atoms with Crippen LogP contribution in [0.25, 0.3) is 0 Å². The number of carbonyl (C=O) groups excluding carboxylic acids is 1. The van der Waals surface area contributed by atoms with E-state index in [1.807, 2.05) is 27.7 Å². The van der Waals surface area contributed by atoms with Gasteiger partial charge in [0.25, 0.3) is 5.91 Å². The van der Waals surface area contributed by atoms with Crippen LogP contribution in [0.3, 0.4) is 0 Å². The number of carbonyl (C=O) groups is 1. The Morgan fingerprint density at radius 1 is 1.45 bits per heavy atom. The second-order valence-electron chi connectivity index (χ2n) is 5.65. The minimum absolute atomic E-state index is 0.191. The molecule has 1 unspecified atom stereocenters. The fourth-order valence-corrected chi connectivity index (χ4v) is 2.45. The third-order valence-electron chi connectivity index (χ3n) is 3.88. The molecule has 0 saturated heterocycles. The summed E-state index contributed by atoms with van der Waals surface area (Å²) >= 11 is 3.42. The lowest BCUT2D eigenvalue weighted by Crippen LogP contribution is -2.55. The van der Waals surface area contributed by atoms with Gasteiger partial charge in [-0.25, -0.2) is 0 Å². The molecule has 0 saturated carbocycles. The zero-order valence-corrected chi connectivity index (χ0v) is 15.4. The average Bonchev–Trinajstić information content (AvgIpc) is 2.48. The topological polar surface area (TPSA) is 73.6 Å². The fourth-order valence-electron chi connectivity index (χ4n) is 1.90. The molecule has 0 bridgehead atoms. The molecular weight excluding hydrogens is 348 g/mol. The lowest BCUT2D eigenvalue weighted by Gasteiger charge is -2.33. The lowest BCUT2D eigenvalue weighted by molar-refractivity contribution is 0.0882. The number of nitrogens with one attached hydrogen (secondary N) is 1. The molecule has 1 aromatic rings. The van der Waals surface area contributed by atoms with Crippen molar-refractivity contribution in [3.63, 3.8) is 0 Å². The largest absolute Gasteiger partial charge is 0.493 e. The van der Waals surface area contributed by atoms with E-state index in [1.165, 1.54) is 0 Å². The van der Waals surface area contributed by atoms with Crippen LogP contribution in [-0.2, 0) is 0 Å². The van der Waals surface area contributed by atoms with Gasteiger partial charge in [-0.05, 0) is 47.8 Å². The first kappa shape index (κ1) is 18.8. The van der Waals surface area contributed by atoms with Gasteiger partial charge in [0.1, 0.15) is 0 Å². The van der Waals surface area contributed by atoms with Crippen molar-refractivity contribution < 1.29 is 14.3 Å². The monoisotopic (exact) mass is 372 g/mol. The van der Waals surface area contributed by atoms with Gasteiger partial charge in [-0.3, -0.25) is 4.79 Å². The molecule has 22 heavy (non-hydrogen) atoms. The molecule has 0 fully saturated rings. The number of ether oxygens (including phenoxy) is 2. The molecular formula is C16H25BrN2O3. The standard InChI is InChI=1S/C16H25BrN2O3/c1-6-22-14-12(17)7-11(8-13(14)21-5)15(20)19-16(4,9-18)10(2)3/h7-8,10H,6,9,18H2,1-5H3,(H,19,20). The van der Waals surface area contributed by atoms with Gasteiger partial charge in [-0.15, -0.1) is 0 Å². The molecule has 0 aromatic heterocycles. The van der Waals surface area contributed by atoms with E-state index in [0.29, 0.717) is 34.7 Å². The number of benzene rings is 1. The Hall–Kier alpha value is -1.27. The molecule has 6 heteroatoms. The predicted molar refractivity (Wildman–Crippen MR) is 91.6 cm³/mol. The van der Waals surface area contributed by atoms with E-state index in [4.69, 9.17) is 15.2 Å². The van der Waals surface area contributed by atoms with Crippen LogP contribution in [0.2, 0.25) is 0 Å². The van der Waals surface area contributed by atoms with Gasteiger partial charge in [0.2, 0.25) is 0 Å². The summed E-state index contributed by atoms with van der Waals surface area (Å²) in [7, 11) is 1.55. The molecule has 1 amide bonds. The van der Waals surface area contributed by atoms with E-state index in [-0.39, 0.29) is 11.8 Å². The summed E-state index contributed by atoms with van der Waals surface area (Å²) in [5.41, 5.74) is 5.85. The average molecular weight is 373 g/mol. The molecule has 0 aliphatic heterocycles. The van der Waals surface area contributed by atoms with Crippen LogP contribution in [0.15, 0.2) is 16.6 Å². The van der Waals surface area contributed by atoms with E-state index in [9.17, 15) is 4.79 Å². The minimum Gasteiger partial charge on any atom is -0.493 e. The number of hydrogen-bond acceptors (Lipinski definition) is 4. The van der Waals surface area contributed by atoms with Crippen LogP contribution in [0.5, 0.6) is 11.5 Å². The van der Waals surface area contributed by atoms with Crippen LogP contribution < -0.4 is 20.5 Å². The molecule has 1 rings (SSSR count). The Labute approximate surface area is 140 Å². The first-order chi connectivity index (χ1) is 10.3. The molecule has 1 atom stereocenters. The second kappa shape index (κ2) is 7.83. The Morgan fingerprint density at radius 2 is 2.09 bits per heavy atom. The van der Waals surface area contributed by atoms with Crippen molar-refractivity contribution in [2.24, 2.45) is 11.7 Å². The van der Waals surface area contributed by atoms with Crippen LogP contribution in [0.4, 0.5) is 0 Å². The number of halogens is 1. The van der Waals surface area contributed by atoms with Crippen molar-refractivity contribution in [2.45, 2.75) is 33.2 Å². The Balaban J connectivity index is 3.12. The number of methoxy groups -OCH3 is 1. The molecule has 124 valence electrons. The van der Waals surface area contributed by atoms with Gasteiger partial charge in [0.15, 0.2) is 11.5 Å². The van der Waals surface area contributed by atoms with E-state index in [2.05, 4.69) is 21.2 Å². The maximum absolute atomic E-state index is 12.5. The number of nitrogens with two attached hydrogens (primary N) is 1. The van der Waals surface area contributed by atoms with E-state index in [0.717, 1.165) is 0 Å². The summed E-state index contributed by atoms with van der Waals surface area (Å²) in [4.78, 5) is 12.5. The normalized spacial score (nSPS) is 13.6. The zero-order chi connectivity index (χ0) is 16.9. The SMILES string of the molecule is CCOc1c(Br)cc(C(=O)NC(C)(CN)C(C)C)cc1OC. The molecule has 5 nitrogen and oxygen atoms in total. The number of amides is 1. The highest BCUT2D eigenvalue weighted by Gasteiger charge is 2.29. The highest BCUT2D eigenvalue weighted by atomic mass is 79.9. The third kappa shape index (κ3) is 4.14. The van der Waals surface area contributed by atoms with Crippen molar-refractivity contribution >= 4 is 21.8 Å². The highest BCUT2D eigenvalue weighted by molar-refractivity contribution is 9.10. The van der Waals surface area contributed by atoms with Crippen molar-refractivity contribution in [1.29, 1.82) is 0 Å². The van der Waals surface area contributed by atoms with Gasteiger partial charge < -0.3 is 20.5 Å². The first-order valence-electron chi connectivity index (χ1n) is 7.32. The Morgan fingerprint density at radius 3 is 2.55 bits per heavy atom. The summed E-state index contributed by atoms with van der Waals surface area (Å²) in [6.07, 6.45) is 0. The summed E-state index contributed by atoms with van der Waals surface area (Å²) in [6, 6.07) is 3.39.